The van der Waals surface area contributed by atoms with Crippen molar-refractivity contribution in [3.63, 3.8) is 0 Å². The normalized spacial score (nSPS) is 48.7. The van der Waals surface area contributed by atoms with E-state index in [1.54, 1.807) is 0 Å². The van der Waals surface area contributed by atoms with Crippen molar-refractivity contribution >= 4 is 5.91 Å². The minimum absolute atomic E-state index is 0.0362. The van der Waals surface area contributed by atoms with Gasteiger partial charge in [-0.05, 0) is 81.1 Å². The van der Waals surface area contributed by atoms with Crippen LogP contribution >= 0.6 is 0 Å². The van der Waals surface area contributed by atoms with Crippen LogP contribution in [0.5, 0.6) is 0 Å². The molecular weight excluding hydrogens is 260 g/mol. The summed E-state index contributed by atoms with van der Waals surface area (Å²) in [6.07, 6.45) is 8.95. The Morgan fingerprint density at radius 1 is 1.14 bits per heavy atom. The first-order valence-electron chi connectivity index (χ1n) is 9.09. The van der Waals surface area contributed by atoms with Crippen LogP contribution in [0.4, 0.5) is 0 Å². The second kappa shape index (κ2) is 4.97. The zero-order valence-corrected chi connectivity index (χ0v) is 13.4. The molecule has 4 bridgehead atoms. The topological polar surface area (TPSA) is 46.3 Å². The standard InChI is InChI=1S/C18H30N2O/c1-12-2-3-20(11-16(12)10-19)17(21)18-7-13-4-14(8-18)6-15(5-13)9-18/h12-16H,2-11,19H2,1H3. The van der Waals surface area contributed by atoms with Gasteiger partial charge in [0.1, 0.15) is 0 Å². The van der Waals surface area contributed by atoms with E-state index < -0.39 is 0 Å². The van der Waals surface area contributed by atoms with Crippen LogP contribution in [-0.2, 0) is 4.79 Å². The van der Waals surface area contributed by atoms with Crippen molar-refractivity contribution in [3.05, 3.63) is 0 Å². The molecule has 2 unspecified atom stereocenters. The molecule has 5 rings (SSSR count). The fraction of sp³-hybridized carbons (Fsp3) is 0.944. The Bertz CT molecular complexity index is 398. The van der Waals surface area contributed by atoms with Crippen LogP contribution in [-0.4, -0.2) is 30.4 Å². The highest BCUT2D eigenvalue weighted by molar-refractivity contribution is 5.83. The second-order valence-corrected chi connectivity index (χ2v) is 8.71. The maximum Gasteiger partial charge on any atom is 0.228 e. The monoisotopic (exact) mass is 290 g/mol. The van der Waals surface area contributed by atoms with Crippen molar-refractivity contribution in [1.82, 2.24) is 4.90 Å². The lowest BCUT2D eigenvalue weighted by atomic mass is 9.49. The van der Waals surface area contributed by atoms with Gasteiger partial charge in [0.25, 0.3) is 0 Å². The molecule has 1 aliphatic heterocycles. The number of carbonyl (C=O) groups excluding carboxylic acids is 1. The van der Waals surface area contributed by atoms with Gasteiger partial charge in [0.15, 0.2) is 0 Å². The smallest absolute Gasteiger partial charge is 0.228 e. The quantitative estimate of drug-likeness (QED) is 0.850. The summed E-state index contributed by atoms with van der Waals surface area (Å²) >= 11 is 0. The van der Waals surface area contributed by atoms with Gasteiger partial charge in [0, 0.05) is 13.1 Å². The number of amides is 1. The molecule has 5 aliphatic rings. The number of carbonyl (C=O) groups is 1. The van der Waals surface area contributed by atoms with Crippen molar-refractivity contribution < 1.29 is 4.79 Å². The van der Waals surface area contributed by atoms with Crippen LogP contribution in [0, 0.1) is 35.0 Å². The number of nitrogens with two attached hydrogens (primary N) is 1. The van der Waals surface area contributed by atoms with Crippen molar-refractivity contribution in [2.24, 2.45) is 40.7 Å². The number of rotatable bonds is 2. The summed E-state index contributed by atoms with van der Waals surface area (Å²) in [7, 11) is 0. The van der Waals surface area contributed by atoms with Gasteiger partial charge in [0.05, 0.1) is 5.41 Å². The molecule has 0 radical (unpaired) electrons. The highest BCUT2D eigenvalue weighted by Crippen LogP contribution is 2.60. The van der Waals surface area contributed by atoms with Crippen LogP contribution in [0.1, 0.15) is 51.9 Å². The third kappa shape index (κ3) is 2.23. The van der Waals surface area contributed by atoms with E-state index in [9.17, 15) is 4.79 Å². The zero-order valence-electron chi connectivity index (χ0n) is 13.4. The van der Waals surface area contributed by atoms with Gasteiger partial charge in [-0.2, -0.15) is 0 Å². The van der Waals surface area contributed by atoms with Gasteiger partial charge in [-0.15, -0.1) is 0 Å². The van der Waals surface area contributed by atoms with Crippen molar-refractivity contribution in [2.45, 2.75) is 51.9 Å². The number of piperidine rings is 1. The molecule has 3 nitrogen and oxygen atoms in total. The minimum Gasteiger partial charge on any atom is -0.342 e. The predicted octanol–water partition coefficient (Wildman–Crippen LogP) is 2.65. The van der Waals surface area contributed by atoms with Crippen LogP contribution in [0.2, 0.25) is 0 Å². The summed E-state index contributed by atoms with van der Waals surface area (Å²) in [5.41, 5.74) is 5.96. The third-order valence-electron chi connectivity index (χ3n) is 7.20. The number of likely N-dealkylation sites (tertiary alicyclic amines) is 1. The second-order valence-electron chi connectivity index (χ2n) is 8.71. The summed E-state index contributed by atoms with van der Waals surface area (Å²) in [5.74, 6) is 4.26. The highest BCUT2D eigenvalue weighted by atomic mass is 16.2. The first-order chi connectivity index (χ1) is 10.1. The van der Waals surface area contributed by atoms with E-state index in [2.05, 4.69) is 11.8 Å². The SMILES string of the molecule is CC1CCN(C(=O)C23CC4CC(CC(C4)C2)C3)CC1CN. The maximum absolute atomic E-state index is 13.3. The van der Waals surface area contributed by atoms with Gasteiger partial charge < -0.3 is 10.6 Å². The van der Waals surface area contributed by atoms with E-state index >= 15 is 0 Å². The fourth-order valence-electron chi connectivity index (χ4n) is 6.35. The van der Waals surface area contributed by atoms with Gasteiger partial charge in [0.2, 0.25) is 5.91 Å². The number of hydrogen-bond acceptors (Lipinski definition) is 2. The summed E-state index contributed by atoms with van der Waals surface area (Å²) in [5, 5.41) is 0. The lowest BCUT2D eigenvalue weighted by Crippen LogP contribution is -2.57. The summed E-state index contributed by atoms with van der Waals surface area (Å²) in [4.78, 5) is 15.5. The van der Waals surface area contributed by atoms with E-state index in [-0.39, 0.29) is 5.41 Å². The van der Waals surface area contributed by atoms with Gasteiger partial charge in [-0.3, -0.25) is 4.79 Å². The number of nitrogens with zero attached hydrogens (tertiary/aromatic N) is 1. The van der Waals surface area contributed by atoms with Crippen LogP contribution in [0.15, 0.2) is 0 Å². The van der Waals surface area contributed by atoms with Crippen molar-refractivity contribution in [3.8, 4) is 0 Å². The van der Waals surface area contributed by atoms with E-state index in [0.717, 1.165) is 43.8 Å². The van der Waals surface area contributed by atoms with E-state index in [4.69, 9.17) is 5.73 Å². The molecule has 2 N–H and O–H groups in total. The summed E-state index contributed by atoms with van der Waals surface area (Å²) in [6, 6.07) is 0. The molecule has 0 aromatic heterocycles. The molecule has 0 aromatic carbocycles. The summed E-state index contributed by atoms with van der Waals surface area (Å²) < 4.78 is 0. The van der Waals surface area contributed by atoms with Gasteiger partial charge >= 0.3 is 0 Å². The molecule has 4 aliphatic carbocycles. The van der Waals surface area contributed by atoms with Gasteiger partial charge in [-0.25, -0.2) is 0 Å². The van der Waals surface area contributed by atoms with E-state index in [1.165, 1.54) is 38.5 Å². The molecule has 4 saturated carbocycles. The molecule has 1 heterocycles. The Morgan fingerprint density at radius 3 is 2.24 bits per heavy atom. The Morgan fingerprint density at radius 2 is 1.71 bits per heavy atom. The Kier molecular flexibility index (Phi) is 3.33. The van der Waals surface area contributed by atoms with Crippen LogP contribution in [0.25, 0.3) is 0 Å². The molecule has 1 saturated heterocycles. The predicted molar refractivity (Wildman–Crippen MR) is 83.5 cm³/mol. The average molecular weight is 290 g/mol. The fourth-order valence-corrected chi connectivity index (χ4v) is 6.35. The molecular formula is C18H30N2O. The lowest BCUT2D eigenvalue weighted by molar-refractivity contribution is -0.160. The molecule has 5 fully saturated rings. The first-order valence-corrected chi connectivity index (χ1v) is 9.09. The third-order valence-corrected chi connectivity index (χ3v) is 7.20. The molecule has 0 spiro atoms. The van der Waals surface area contributed by atoms with Crippen molar-refractivity contribution in [2.75, 3.05) is 19.6 Å². The molecule has 3 heteroatoms. The highest BCUT2D eigenvalue weighted by Gasteiger charge is 2.55. The first kappa shape index (κ1) is 14.0. The molecule has 0 aromatic rings. The van der Waals surface area contributed by atoms with E-state index in [0.29, 0.717) is 17.7 Å². The van der Waals surface area contributed by atoms with Crippen LogP contribution < -0.4 is 5.73 Å². The average Bonchev–Trinajstić information content (AvgIpc) is 2.45. The molecule has 2 atom stereocenters. The molecule has 1 amide bonds. The Balaban J connectivity index is 1.52. The lowest BCUT2D eigenvalue weighted by Gasteiger charge is -2.57. The maximum atomic E-state index is 13.3. The van der Waals surface area contributed by atoms with Crippen molar-refractivity contribution in [1.29, 1.82) is 0 Å². The Hall–Kier alpha value is -0.570. The largest absolute Gasteiger partial charge is 0.342 e. The molecule has 118 valence electrons. The number of hydrogen-bond donors (Lipinski definition) is 1. The van der Waals surface area contributed by atoms with Crippen LogP contribution in [0.3, 0.4) is 0 Å². The van der Waals surface area contributed by atoms with E-state index in [1.807, 2.05) is 0 Å². The Labute approximate surface area is 128 Å². The zero-order chi connectivity index (χ0) is 14.6. The summed E-state index contributed by atoms with van der Waals surface area (Å²) in [6.45, 7) is 4.91. The minimum atomic E-state index is 0.0362. The van der Waals surface area contributed by atoms with Gasteiger partial charge in [-0.1, -0.05) is 6.92 Å². The molecule has 21 heavy (non-hydrogen) atoms.